The summed E-state index contributed by atoms with van der Waals surface area (Å²) in [6.07, 6.45) is 3.34. The number of nitrogens with zero attached hydrogens (tertiary/aromatic N) is 3. The standard InChI is InChI=1S/C24H26FN3O3/c1-27(24(30)18-4-3-5-18)15-23(29)28-22(17-6-10-19(25)11-7-17)14-21(26-28)16-8-12-20(31-2)13-9-16/h6-13,18,22H,3-5,14-15H2,1-2H3/t22-/m0/s1. The number of carbonyl (C=O) groups is 2. The van der Waals surface area contributed by atoms with Crippen LogP contribution < -0.4 is 4.74 Å². The normalized spacial score (nSPS) is 18.4. The molecule has 0 radical (unpaired) electrons. The molecule has 0 N–H and O–H groups in total. The fourth-order valence-corrected chi connectivity index (χ4v) is 3.96. The van der Waals surface area contributed by atoms with Gasteiger partial charge in [-0.2, -0.15) is 5.10 Å². The molecular weight excluding hydrogens is 397 g/mol. The first-order valence-electron chi connectivity index (χ1n) is 10.5. The second-order valence-corrected chi connectivity index (χ2v) is 8.11. The second kappa shape index (κ2) is 8.88. The van der Waals surface area contributed by atoms with E-state index in [1.54, 1.807) is 26.3 Å². The van der Waals surface area contributed by atoms with Gasteiger partial charge in [0.1, 0.15) is 18.1 Å². The Hall–Kier alpha value is -3.22. The Labute approximate surface area is 181 Å². The molecule has 2 aliphatic rings. The van der Waals surface area contributed by atoms with Crippen molar-refractivity contribution in [3.8, 4) is 5.75 Å². The van der Waals surface area contributed by atoms with Crippen LogP contribution >= 0.6 is 0 Å². The van der Waals surface area contributed by atoms with Crippen LogP contribution in [0, 0.1) is 11.7 Å². The van der Waals surface area contributed by atoms with Gasteiger partial charge in [-0.05, 0) is 60.4 Å². The topological polar surface area (TPSA) is 62.2 Å². The van der Waals surface area contributed by atoms with Crippen molar-refractivity contribution in [1.82, 2.24) is 9.91 Å². The van der Waals surface area contributed by atoms with Gasteiger partial charge in [0.25, 0.3) is 5.91 Å². The maximum atomic E-state index is 13.5. The zero-order valence-electron chi connectivity index (χ0n) is 17.8. The molecule has 4 rings (SSSR count). The Bertz CT molecular complexity index is 984. The van der Waals surface area contributed by atoms with Crippen LogP contribution in [0.1, 0.15) is 42.9 Å². The monoisotopic (exact) mass is 423 g/mol. The van der Waals surface area contributed by atoms with Gasteiger partial charge in [0.05, 0.1) is 18.9 Å². The molecule has 7 heteroatoms. The molecule has 0 aromatic heterocycles. The molecule has 2 amide bonds. The van der Waals surface area contributed by atoms with E-state index < -0.39 is 0 Å². The van der Waals surface area contributed by atoms with E-state index in [0.717, 1.165) is 41.9 Å². The van der Waals surface area contributed by atoms with Crippen LogP contribution in [-0.2, 0) is 9.59 Å². The lowest BCUT2D eigenvalue weighted by Crippen LogP contribution is -2.42. The van der Waals surface area contributed by atoms with Crippen LogP contribution in [0.3, 0.4) is 0 Å². The van der Waals surface area contributed by atoms with Crippen LogP contribution in [0.2, 0.25) is 0 Å². The highest BCUT2D eigenvalue weighted by atomic mass is 19.1. The lowest BCUT2D eigenvalue weighted by atomic mass is 9.84. The summed E-state index contributed by atoms with van der Waals surface area (Å²) in [6.45, 7) is -0.0353. The van der Waals surface area contributed by atoms with E-state index in [9.17, 15) is 14.0 Å². The summed E-state index contributed by atoms with van der Waals surface area (Å²) in [7, 11) is 3.27. The fraction of sp³-hybridized carbons (Fsp3) is 0.375. The number of hydrogen-bond donors (Lipinski definition) is 0. The lowest BCUT2D eigenvalue weighted by Gasteiger charge is -2.30. The molecule has 2 aromatic rings. The number of methoxy groups -OCH3 is 1. The van der Waals surface area contributed by atoms with E-state index in [0.29, 0.717) is 6.42 Å². The highest BCUT2D eigenvalue weighted by Crippen LogP contribution is 2.34. The molecule has 1 fully saturated rings. The van der Waals surface area contributed by atoms with Crippen molar-refractivity contribution in [1.29, 1.82) is 0 Å². The molecule has 1 heterocycles. The summed E-state index contributed by atoms with van der Waals surface area (Å²) in [4.78, 5) is 27.1. The van der Waals surface area contributed by atoms with Crippen molar-refractivity contribution in [2.75, 3.05) is 20.7 Å². The molecule has 1 saturated carbocycles. The zero-order chi connectivity index (χ0) is 22.0. The molecule has 1 atom stereocenters. The lowest BCUT2D eigenvalue weighted by molar-refractivity contribution is -0.144. The third kappa shape index (κ3) is 4.45. The quantitative estimate of drug-likeness (QED) is 0.711. The molecule has 6 nitrogen and oxygen atoms in total. The van der Waals surface area contributed by atoms with Crippen LogP contribution in [-0.4, -0.2) is 48.1 Å². The van der Waals surface area contributed by atoms with Gasteiger partial charge >= 0.3 is 0 Å². The summed E-state index contributed by atoms with van der Waals surface area (Å²) in [6, 6.07) is 13.3. The first-order valence-corrected chi connectivity index (χ1v) is 10.5. The number of carbonyl (C=O) groups excluding carboxylic acids is 2. The number of benzene rings is 2. The van der Waals surface area contributed by atoms with E-state index in [4.69, 9.17) is 4.74 Å². The van der Waals surface area contributed by atoms with Crippen molar-refractivity contribution in [2.24, 2.45) is 11.0 Å². The first kappa shape index (κ1) is 21.0. The molecular formula is C24H26FN3O3. The Balaban J connectivity index is 1.57. The van der Waals surface area contributed by atoms with E-state index in [1.165, 1.54) is 22.0 Å². The maximum absolute atomic E-state index is 13.5. The maximum Gasteiger partial charge on any atom is 0.262 e. The van der Waals surface area contributed by atoms with E-state index in [-0.39, 0.29) is 36.1 Å². The Morgan fingerprint density at radius 2 is 1.81 bits per heavy atom. The number of halogens is 1. The molecule has 1 aliphatic carbocycles. The highest BCUT2D eigenvalue weighted by Gasteiger charge is 2.35. The molecule has 0 saturated heterocycles. The van der Waals surface area contributed by atoms with E-state index in [2.05, 4.69) is 5.10 Å². The third-order valence-corrected chi connectivity index (χ3v) is 6.05. The molecule has 0 unspecified atom stereocenters. The minimum absolute atomic E-state index is 0.0106. The van der Waals surface area contributed by atoms with Crippen molar-refractivity contribution in [2.45, 2.75) is 31.7 Å². The summed E-state index contributed by atoms with van der Waals surface area (Å²) in [5.41, 5.74) is 2.45. The SMILES string of the molecule is COc1ccc(C2=NN(C(=O)CN(C)C(=O)C3CCC3)[C@H](c3ccc(F)cc3)C2)cc1. The van der Waals surface area contributed by atoms with Crippen molar-refractivity contribution >= 4 is 17.5 Å². The molecule has 2 aromatic carbocycles. The fourth-order valence-electron chi connectivity index (χ4n) is 3.96. The third-order valence-electron chi connectivity index (χ3n) is 6.05. The van der Waals surface area contributed by atoms with Crippen LogP contribution in [0.15, 0.2) is 53.6 Å². The second-order valence-electron chi connectivity index (χ2n) is 8.11. The average Bonchev–Trinajstić information content (AvgIpc) is 3.18. The number of likely N-dealkylation sites (N-methyl/N-ethyl adjacent to an activating group) is 1. The smallest absolute Gasteiger partial charge is 0.262 e. The highest BCUT2D eigenvalue weighted by molar-refractivity contribution is 6.03. The summed E-state index contributed by atoms with van der Waals surface area (Å²) in [5.74, 6) is 0.190. The van der Waals surface area contributed by atoms with Crippen LogP contribution in [0.5, 0.6) is 5.75 Å². The first-order chi connectivity index (χ1) is 15.0. The Morgan fingerprint density at radius 1 is 1.13 bits per heavy atom. The Morgan fingerprint density at radius 3 is 2.39 bits per heavy atom. The number of amides is 2. The predicted molar refractivity (Wildman–Crippen MR) is 115 cm³/mol. The van der Waals surface area contributed by atoms with Crippen LogP contribution in [0.4, 0.5) is 4.39 Å². The predicted octanol–water partition coefficient (Wildman–Crippen LogP) is 3.77. The van der Waals surface area contributed by atoms with Gasteiger partial charge in [0.15, 0.2) is 0 Å². The molecule has 0 bridgehead atoms. The van der Waals surface area contributed by atoms with Crippen LogP contribution in [0.25, 0.3) is 0 Å². The van der Waals surface area contributed by atoms with E-state index >= 15 is 0 Å². The van der Waals surface area contributed by atoms with Gasteiger partial charge < -0.3 is 9.64 Å². The van der Waals surface area contributed by atoms with Gasteiger partial charge in [-0.15, -0.1) is 0 Å². The number of hydrogen-bond acceptors (Lipinski definition) is 4. The summed E-state index contributed by atoms with van der Waals surface area (Å²) >= 11 is 0. The van der Waals surface area contributed by atoms with Gasteiger partial charge in [0, 0.05) is 19.4 Å². The average molecular weight is 423 g/mol. The molecule has 162 valence electrons. The van der Waals surface area contributed by atoms with Crippen molar-refractivity contribution < 1.29 is 18.7 Å². The minimum Gasteiger partial charge on any atom is -0.497 e. The Kier molecular flexibility index (Phi) is 6.02. The zero-order valence-corrected chi connectivity index (χ0v) is 17.8. The molecule has 1 aliphatic heterocycles. The number of hydrazone groups is 1. The largest absolute Gasteiger partial charge is 0.497 e. The number of rotatable bonds is 6. The van der Waals surface area contributed by atoms with Gasteiger partial charge in [-0.25, -0.2) is 9.40 Å². The van der Waals surface area contributed by atoms with Gasteiger partial charge in [0.2, 0.25) is 5.91 Å². The van der Waals surface area contributed by atoms with Gasteiger partial charge in [-0.1, -0.05) is 18.6 Å². The summed E-state index contributed by atoms with van der Waals surface area (Å²) in [5, 5.41) is 6.06. The van der Waals surface area contributed by atoms with Crippen molar-refractivity contribution in [3.05, 3.63) is 65.5 Å². The van der Waals surface area contributed by atoms with Crippen molar-refractivity contribution in [3.63, 3.8) is 0 Å². The van der Waals surface area contributed by atoms with E-state index in [1.807, 2.05) is 24.3 Å². The number of ether oxygens (including phenoxy) is 1. The molecule has 31 heavy (non-hydrogen) atoms. The minimum atomic E-state index is -0.350. The van der Waals surface area contributed by atoms with Gasteiger partial charge in [-0.3, -0.25) is 9.59 Å². The summed E-state index contributed by atoms with van der Waals surface area (Å²) < 4.78 is 18.7. The molecule has 0 spiro atoms.